The molecule has 3 N–H and O–H groups in total. The molecule has 0 aliphatic heterocycles. The number of rotatable bonds is 8. The molecule has 1 aromatic carbocycles. The number of aliphatic carboxylic acids is 1. The summed E-state index contributed by atoms with van der Waals surface area (Å²) in [6, 6.07) is 3.90. The molecule has 2 unspecified atom stereocenters. The second-order valence-corrected chi connectivity index (χ2v) is 6.09. The van der Waals surface area contributed by atoms with Gasteiger partial charge in [0.05, 0.1) is 0 Å². The predicted octanol–water partition coefficient (Wildman–Crippen LogP) is 1.97. The first-order chi connectivity index (χ1) is 11.6. The van der Waals surface area contributed by atoms with Gasteiger partial charge in [-0.1, -0.05) is 31.5 Å². The zero-order chi connectivity index (χ0) is 19.1. The van der Waals surface area contributed by atoms with Crippen molar-refractivity contribution in [2.24, 2.45) is 5.92 Å². The van der Waals surface area contributed by atoms with E-state index in [1.165, 1.54) is 0 Å². The Balaban J connectivity index is 2.84. The Morgan fingerprint density at radius 2 is 1.64 bits per heavy atom. The van der Waals surface area contributed by atoms with Gasteiger partial charge in [0.1, 0.15) is 12.1 Å². The van der Waals surface area contributed by atoms with E-state index in [1.807, 2.05) is 6.92 Å². The summed E-state index contributed by atoms with van der Waals surface area (Å²) in [6.07, 6.45) is -3.88. The van der Waals surface area contributed by atoms with Crippen LogP contribution in [0.3, 0.4) is 0 Å². The van der Waals surface area contributed by atoms with Crippen LogP contribution in [0, 0.1) is 12.8 Å². The molecule has 6 nitrogen and oxygen atoms in total. The van der Waals surface area contributed by atoms with Crippen LogP contribution in [0.5, 0.6) is 0 Å². The first-order valence-corrected chi connectivity index (χ1v) is 7.80. The summed E-state index contributed by atoms with van der Waals surface area (Å²) in [4.78, 5) is 35.5. The van der Waals surface area contributed by atoms with Crippen LogP contribution < -0.4 is 10.6 Å². The summed E-state index contributed by atoms with van der Waals surface area (Å²) in [5.74, 6) is -3.24. The number of alkyl halides is 2. The molecule has 25 heavy (non-hydrogen) atoms. The number of halogens is 2. The number of aryl methyl sites for hydroxylation is 1. The maximum Gasteiger partial charge on any atom is 0.326 e. The van der Waals surface area contributed by atoms with Crippen molar-refractivity contribution in [2.75, 3.05) is 0 Å². The maximum absolute atomic E-state index is 12.4. The van der Waals surface area contributed by atoms with Crippen molar-refractivity contribution >= 4 is 17.8 Å². The van der Waals surface area contributed by atoms with Crippen molar-refractivity contribution in [3.8, 4) is 0 Å². The number of amides is 2. The number of carbonyl (C=O) groups is 3. The van der Waals surface area contributed by atoms with E-state index in [0.717, 1.165) is 5.56 Å². The number of carboxylic acid groups (broad SMARTS) is 1. The van der Waals surface area contributed by atoms with E-state index < -0.39 is 42.7 Å². The van der Waals surface area contributed by atoms with Crippen molar-refractivity contribution < 1.29 is 28.3 Å². The van der Waals surface area contributed by atoms with Gasteiger partial charge in [0, 0.05) is 12.0 Å². The summed E-state index contributed by atoms with van der Waals surface area (Å²) in [5, 5.41) is 13.5. The standard InChI is InChI=1S/C17H22F2N2O4/c1-9(2)14(16(23)20-12(17(24)25)8-13(18)19)21-15(22)11-6-4-10(3)5-7-11/h4-7,9,12-14H,8H2,1-3H3,(H,20,23)(H,21,22)(H,24,25). The highest BCUT2D eigenvalue weighted by Crippen LogP contribution is 2.09. The minimum atomic E-state index is -2.87. The molecule has 0 radical (unpaired) electrons. The molecule has 0 aliphatic rings. The van der Waals surface area contributed by atoms with Crippen LogP contribution >= 0.6 is 0 Å². The number of benzene rings is 1. The molecule has 0 aromatic heterocycles. The Morgan fingerprint density at radius 1 is 1.08 bits per heavy atom. The Kier molecular flexibility index (Phi) is 7.47. The van der Waals surface area contributed by atoms with Crippen LogP contribution in [0.15, 0.2) is 24.3 Å². The van der Waals surface area contributed by atoms with Crippen LogP contribution in [0.25, 0.3) is 0 Å². The minimum absolute atomic E-state index is 0.339. The fourth-order valence-electron chi connectivity index (χ4n) is 2.13. The molecule has 1 rings (SSSR count). The highest BCUT2D eigenvalue weighted by Gasteiger charge is 2.30. The van der Waals surface area contributed by atoms with E-state index in [1.54, 1.807) is 38.1 Å². The number of carbonyl (C=O) groups excluding carboxylic acids is 2. The molecule has 138 valence electrons. The van der Waals surface area contributed by atoms with Crippen LogP contribution in [-0.2, 0) is 9.59 Å². The Labute approximate surface area is 144 Å². The average Bonchev–Trinajstić information content (AvgIpc) is 2.51. The molecule has 0 bridgehead atoms. The van der Waals surface area contributed by atoms with E-state index in [-0.39, 0.29) is 5.92 Å². The van der Waals surface area contributed by atoms with E-state index in [4.69, 9.17) is 5.11 Å². The third-order valence-electron chi connectivity index (χ3n) is 3.58. The van der Waals surface area contributed by atoms with Crippen molar-refractivity contribution in [3.05, 3.63) is 35.4 Å². The maximum atomic E-state index is 12.4. The SMILES string of the molecule is Cc1ccc(C(=O)NC(C(=O)NC(CC(F)F)C(=O)O)C(C)C)cc1. The molecule has 2 amide bonds. The van der Waals surface area contributed by atoms with Gasteiger partial charge in [-0.3, -0.25) is 9.59 Å². The Morgan fingerprint density at radius 3 is 2.08 bits per heavy atom. The third kappa shape index (κ3) is 6.48. The van der Waals surface area contributed by atoms with E-state index in [2.05, 4.69) is 10.6 Å². The lowest BCUT2D eigenvalue weighted by Gasteiger charge is -2.24. The van der Waals surface area contributed by atoms with Gasteiger partial charge in [0.25, 0.3) is 5.91 Å². The monoisotopic (exact) mass is 356 g/mol. The first kappa shape index (κ1) is 20.5. The summed E-state index contributed by atoms with van der Waals surface area (Å²) in [7, 11) is 0. The normalized spacial score (nSPS) is 13.4. The zero-order valence-electron chi connectivity index (χ0n) is 14.3. The van der Waals surface area contributed by atoms with Gasteiger partial charge in [-0.25, -0.2) is 13.6 Å². The highest BCUT2D eigenvalue weighted by molar-refractivity contribution is 5.98. The van der Waals surface area contributed by atoms with Crippen LogP contribution in [0.4, 0.5) is 8.78 Å². The fourth-order valence-corrected chi connectivity index (χ4v) is 2.13. The predicted molar refractivity (Wildman–Crippen MR) is 87.5 cm³/mol. The van der Waals surface area contributed by atoms with Crippen LogP contribution in [0.2, 0.25) is 0 Å². The van der Waals surface area contributed by atoms with Crippen molar-refractivity contribution in [1.29, 1.82) is 0 Å². The smallest absolute Gasteiger partial charge is 0.326 e. The Bertz CT molecular complexity index is 618. The molecule has 0 saturated carbocycles. The molecular weight excluding hydrogens is 334 g/mol. The molecule has 0 aliphatic carbocycles. The number of carboxylic acids is 1. The van der Waals surface area contributed by atoms with Crippen LogP contribution in [-0.4, -0.2) is 41.4 Å². The van der Waals surface area contributed by atoms with E-state index in [9.17, 15) is 23.2 Å². The summed E-state index contributed by atoms with van der Waals surface area (Å²) in [6.45, 7) is 5.17. The minimum Gasteiger partial charge on any atom is -0.480 e. The highest BCUT2D eigenvalue weighted by atomic mass is 19.3. The van der Waals surface area contributed by atoms with Crippen molar-refractivity contribution in [2.45, 2.75) is 45.7 Å². The second-order valence-electron chi connectivity index (χ2n) is 6.09. The van der Waals surface area contributed by atoms with Gasteiger partial charge in [0.15, 0.2) is 0 Å². The molecule has 1 aromatic rings. The lowest BCUT2D eigenvalue weighted by molar-refractivity contribution is -0.143. The number of nitrogens with one attached hydrogen (secondary N) is 2. The first-order valence-electron chi connectivity index (χ1n) is 7.80. The van der Waals surface area contributed by atoms with Gasteiger partial charge in [0.2, 0.25) is 12.3 Å². The summed E-state index contributed by atoms with van der Waals surface area (Å²) >= 11 is 0. The Hall–Kier alpha value is -2.51. The van der Waals surface area contributed by atoms with Crippen molar-refractivity contribution in [1.82, 2.24) is 10.6 Å². The van der Waals surface area contributed by atoms with E-state index >= 15 is 0 Å². The molecule has 0 fully saturated rings. The summed E-state index contributed by atoms with van der Waals surface area (Å²) < 4.78 is 24.9. The topological polar surface area (TPSA) is 95.5 Å². The van der Waals surface area contributed by atoms with E-state index in [0.29, 0.717) is 5.56 Å². The van der Waals surface area contributed by atoms with Crippen LogP contribution in [0.1, 0.15) is 36.2 Å². The average molecular weight is 356 g/mol. The van der Waals surface area contributed by atoms with Crippen molar-refractivity contribution in [3.63, 3.8) is 0 Å². The molecule has 0 saturated heterocycles. The molecule has 8 heteroatoms. The van der Waals surface area contributed by atoms with Gasteiger partial charge in [-0.05, 0) is 25.0 Å². The largest absolute Gasteiger partial charge is 0.480 e. The van der Waals surface area contributed by atoms with Gasteiger partial charge >= 0.3 is 5.97 Å². The molecule has 2 atom stereocenters. The molecular formula is C17H22F2N2O4. The zero-order valence-corrected chi connectivity index (χ0v) is 14.3. The molecule has 0 heterocycles. The van der Waals surface area contributed by atoms with Gasteiger partial charge < -0.3 is 15.7 Å². The number of hydrogen-bond donors (Lipinski definition) is 3. The third-order valence-corrected chi connectivity index (χ3v) is 3.58. The second kappa shape index (κ2) is 9.10. The fraction of sp³-hybridized carbons (Fsp3) is 0.471. The van der Waals surface area contributed by atoms with Gasteiger partial charge in [-0.15, -0.1) is 0 Å². The van der Waals surface area contributed by atoms with Gasteiger partial charge in [-0.2, -0.15) is 0 Å². The lowest BCUT2D eigenvalue weighted by Crippen LogP contribution is -2.54. The number of hydrogen-bond acceptors (Lipinski definition) is 3. The summed E-state index contributed by atoms with van der Waals surface area (Å²) in [5.41, 5.74) is 1.30. The molecule has 0 spiro atoms. The lowest BCUT2D eigenvalue weighted by atomic mass is 10.0. The quantitative estimate of drug-likeness (QED) is 0.664.